The third-order valence-electron chi connectivity index (χ3n) is 7.45. The molecule has 170 valence electrons. The van der Waals surface area contributed by atoms with E-state index in [-0.39, 0.29) is 29.6 Å². The summed E-state index contributed by atoms with van der Waals surface area (Å²) in [6.07, 6.45) is 4.38. The lowest BCUT2D eigenvalue weighted by atomic mass is 9.60. The molecule has 7 heteroatoms. The van der Waals surface area contributed by atoms with E-state index in [0.29, 0.717) is 23.5 Å². The smallest absolute Gasteiger partial charge is 0.258 e. The van der Waals surface area contributed by atoms with E-state index in [1.165, 1.54) is 0 Å². The Bertz CT molecular complexity index is 825. The van der Waals surface area contributed by atoms with Gasteiger partial charge in [0, 0.05) is 30.9 Å². The van der Waals surface area contributed by atoms with Crippen LogP contribution < -0.4 is 20.1 Å². The molecular formula is C24H35N3O4. The quantitative estimate of drug-likeness (QED) is 0.621. The summed E-state index contributed by atoms with van der Waals surface area (Å²) in [7, 11) is 1.61. The van der Waals surface area contributed by atoms with Crippen molar-refractivity contribution in [1.29, 1.82) is 0 Å². The molecular weight excluding hydrogens is 394 g/mol. The van der Waals surface area contributed by atoms with Gasteiger partial charge in [0.15, 0.2) is 5.72 Å². The van der Waals surface area contributed by atoms with Gasteiger partial charge >= 0.3 is 0 Å². The van der Waals surface area contributed by atoms with Crippen molar-refractivity contribution in [2.24, 2.45) is 17.8 Å². The molecule has 3 fully saturated rings. The van der Waals surface area contributed by atoms with Crippen LogP contribution >= 0.6 is 0 Å². The van der Waals surface area contributed by atoms with Gasteiger partial charge in [-0.15, -0.1) is 0 Å². The Labute approximate surface area is 184 Å². The number of amides is 2. The first-order valence-electron chi connectivity index (χ1n) is 11.7. The molecule has 7 nitrogen and oxygen atoms in total. The second-order valence-corrected chi connectivity index (χ2v) is 9.06. The van der Waals surface area contributed by atoms with Crippen molar-refractivity contribution >= 4 is 11.8 Å². The van der Waals surface area contributed by atoms with E-state index in [4.69, 9.17) is 9.47 Å². The molecule has 4 aliphatic rings. The maximum absolute atomic E-state index is 12.9. The van der Waals surface area contributed by atoms with E-state index >= 15 is 0 Å². The van der Waals surface area contributed by atoms with E-state index in [2.05, 4.69) is 29.4 Å². The summed E-state index contributed by atoms with van der Waals surface area (Å²) in [6.45, 7) is 8.14. The minimum Gasteiger partial charge on any atom is -0.497 e. The Morgan fingerprint density at radius 3 is 2.81 bits per heavy atom. The maximum Gasteiger partial charge on any atom is 0.258 e. The largest absolute Gasteiger partial charge is 0.497 e. The lowest BCUT2D eigenvalue weighted by Crippen LogP contribution is -2.66. The SMILES string of the molecule is CCN(CC)CCCNC(=O)[C@H]1C[C@H]2CC[C@H]1C[C@]21NC(=O)c2ccc(OC)cc2O1. The van der Waals surface area contributed by atoms with Gasteiger partial charge in [-0.3, -0.25) is 9.59 Å². The average Bonchev–Trinajstić information content (AvgIpc) is 2.78. The number of nitrogens with zero attached hydrogens (tertiary/aromatic N) is 1. The summed E-state index contributed by atoms with van der Waals surface area (Å²) in [5.74, 6) is 1.67. The Morgan fingerprint density at radius 1 is 1.32 bits per heavy atom. The van der Waals surface area contributed by atoms with Crippen molar-refractivity contribution in [2.45, 2.75) is 51.7 Å². The third kappa shape index (κ3) is 4.25. The fraction of sp³-hybridized carbons (Fsp3) is 0.667. The molecule has 0 saturated heterocycles. The molecule has 2 N–H and O–H groups in total. The van der Waals surface area contributed by atoms with Gasteiger partial charge in [0.2, 0.25) is 5.91 Å². The van der Waals surface area contributed by atoms with E-state index in [0.717, 1.165) is 51.9 Å². The number of benzene rings is 1. The van der Waals surface area contributed by atoms with Crippen LogP contribution in [0.2, 0.25) is 0 Å². The summed E-state index contributed by atoms with van der Waals surface area (Å²) >= 11 is 0. The number of hydrogen-bond acceptors (Lipinski definition) is 5. The molecule has 3 saturated carbocycles. The first-order chi connectivity index (χ1) is 15.0. The van der Waals surface area contributed by atoms with Crippen LogP contribution in [0.4, 0.5) is 0 Å². The van der Waals surface area contributed by atoms with Crippen molar-refractivity contribution in [2.75, 3.05) is 33.3 Å². The highest BCUT2D eigenvalue weighted by Crippen LogP contribution is 2.52. The standard InChI is InChI=1S/C24H35N3O4/c1-4-27(5-2)12-6-11-25-22(28)20-13-17-8-7-16(20)15-24(17)26-23(29)19-10-9-18(30-3)14-21(19)31-24/h9-10,14,16-17,20H,4-8,11-13,15H2,1-3H3,(H,25,28)(H,26,29)/t16-,17+,20-,24+/m0/s1. The van der Waals surface area contributed by atoms with Crippen LogP contribution in [0, 0.1) is 17.8 Å². The van der Waals surface area contributed by atoms with Crippen molar-refractivity contribution in [3.8, 4) is 11.5 Å². The van der Waals surface area contributed by atoms with Crippen LogP contribution in [0.3, 0.4) is 0 Å². The van der Waals surface area contributed by atoms with Crippen LogP contribution in [0.15, 0.2) is 18.2 Å². The minimum absolute atomic E-state index is 0.00466. The van der Waals surface area contributed by atoms with Crippen LogP contribution in [-0.4, -0.2) is 55.7 Å². The Kier molecular flexibility index (Phi) is 6.42. The van der Waals surface area contributed by atoms with E-state index < -0.39 is 5.72 Å². The van der Waals surface area contributed by atoms with E-state index in [1.54, 1.807) is 25.3 Å². The summed E-state index contributed by atoms with van der Waals surface area (Å²) in [6, 6.07) is 5.30. The topological polar surface area (TPSA) is 79.9 Å². The molecule has 1 heterocycles. The highest BCUT2D eigenvalue weighted by Gasteiger charge is 2.57. The first kappa shape index (κ1) is 21.9. The summed E-state index contributed by atoms with van der Waals surface area (Å²) in [5.41, 5.74) is -0.172. The summed E-state index contributed by atoms with van der Waals surface area (Å²) in [4.78, 5) is 28.1. The zero-order chi connectivity index (χ0) is 22.0. The van der Waals surface area contributed by atoms with E-state index in [9.17, 15) is 9.59 Å². The average molecular weight is 430 g/mol. The number of nitrogens with one attached hydrogen (secondary N) is 2. The molecule has 2 amide bonds. The number of carbonyl (C=O) groups is 2. The van der Waals surface area contributed by atoms with Crippen LogP contribution in [-0.2, 0) is 4.79 Å². The van der Waals surface area contributed by atoms with Crippen molar-refractivity contribution in [3.63, 3.8) is 0 Å². The van der Waals surface area contributed by atoms with Gasteiger partial charge in [0.1, 0.15) is 11.5 Å². The number of fused-ring (bicyclic) bond motifs is 3. The van der Waals surface area contributed by atoms with Gasteiger partial charge in [-0.05, 0) is 63.4 Å². The molecule has 4 atom stereocenters. The Balaban J connectivity index is 1.39. The predicted octanol–water partition coefficient (Wildman–Crippen LogP) is 2.80. The molecule has 1 aliphatic heterocycles. The van der Waals surface area contributed by atoms with Crippen LogP contribution in [0.5, 0.6) is 11.5 Å². The number of ether oxygens (including phenoxy) is 2. The molecule has 1 spiro atoms. The minimum atomic E-state index is -0.709. The molecule has 0 aromatic heterocycles. The highest BCUT2D eigenvalue weighted by atomic mass is 16.5. The zero-order valence-corrected chi connectivity index (χ0v) is 18.9. The second-order valence-electron chi connectivity index (χ2n) is 9.06. The van der Waals surface area contributed by atoms with Gasteiger partial charge in [-0.25, -0.2) is 0 Å². The third-order valence-corrected chi connectivity index (χ3v) is 7.45. The van der Waals surface area contributed by atoms with Crippen molar-refractivity contribution in [1.82, 2.24) is 15.5 Å². The summed E-state index contributed by atoms with van der Waals surface area (Å²) < 4.78 is 11.7. The van der Waals surface area contributed by atoms with Crippen LogP contribution in [0.1, 0.15) is 56.3 Å². The van der Waals surface area contributed by atoms with Gasteiger partial charge in [0.05, 0.1) is 12.7 Å². The number of methoxy groups -OCH3 is 1. The number of rotatable bonds is 8. The lowest BCUT2D eigenvalue weighted by molar-refractivity contribution is -0.146. The predicted molar refractivity (Wildman–Crippen MR) is 118 cm³/mol. The van der Waals surface area contributed by atoms with Gasteiger partial charge in [-0.2, -0.15) is 0 Å². The Morgan fingerprint density at radius 2 is 2.13 bits per heavy atom. The molecule has 1 aromatic rings. The molecule has 2 bridgehead atoms. The highest BCUT2D eigenvalue weighted by molar-refractivity contribution is 5.98. The zero-order valence-electron chi connectivity index (χ0n) is 18.9. The molecule has 3 aliphatic carbocycles. The Hall–Kier alpha value is -2.28. The van der Waals surface area contributed by atoms with Crippen molar-refractivity contribution < 1.29 is 19.1 Å². The van der Waals surface area contributed by atoms with Crippen LogP contribution in [0.25, 0.3) is 0 Å². The molecule has 1 aromatic carbocycles. The summed E-state index contributed by atoms with van der Waals surface area (Å²) in [5, 5.41) is 6.32. The fourth-order valence-corrected chi connectivity index (χ4v) is 5.62. The molecule has 0 radical (unpaired) electrons. The number of hydrogen-bond donors (Lipinski definition) is 2. The fourth-order valence-electron chi connectivity index (χ4n) is 5.62. The van der Waals surface area contributed by atoms with E-state index in [1.807, 2.05) is 0 Å². The second kappa shape index (κ2) is 9.07. The van der Waals surface area contributed by atoms with Crippen molar-refractivity contribution in [3.05, 3.63) is 23.8 Å². The normalized spacial score (nSPS) is 28.8. The molecule has 31 heavy (non-hydrogen) atoms. The molecule has 5 rings (SSSR count). The lowest BCUT2D eigenvalue weighted by Gasteiger charge is -2.55. The van der Waals surface area contributed by atoms with Gasteiger partial charge < -0.3 is 25.0 Å². The molecule has 0 unspecified atom stereocenters. The maximum atomic E-state index is 12.9. The monoisotopic (exact) mass is 429 g/mol. The number of carbonyl (C=O) groups excluding carboxylic acids is 2. The van der Waals surface area contributed by atoms with Gasteiger partial charge in [0.25, 0.3) is 5.91 Å². The first-order valence-corrected chi connectivity index (χ1v) is 11.7. The van der Waals surface area contributed by atoms with Gasteiger partial charge in [-0.1, -0.05) is 13.8 Å².